The van der Waals surface area contributed by atoms with Crippen molar-refractivity contribution >= 4 is 23.2 Å². The molecular weight excluding hydrogens is 259 g/mol. The van der Waals surface area contributed by atoms with E-state index in [2.05, 4.69) is 15.4 Å². The molecular formula is C11H10Cl2N4. The van der Waals surface area contributed by atoms with Gasteiger partial charge >= 0.3 is 0 Å². The van der Waals surface area contributed by atoms with Gasteiger partial charge in [-0.1, -0.05) is 29.3 Å². The average molecular weight is 269 g/mol. The van der Waals surface area contributed by atoms with Crippen LogP contribution < -0.4 is 11.3 Å². The Kier molecular flexibility index (Phi) is 3.91. The molecule has 2 rings (SSSR count). The van der Waals surface area contributed by atoms with Gasteiger partial charge in [0, 0.05) is 6.20 Å². The smallest absolute Gasteiger partial charge is 0.115 e. The second-order valence-corrected chi connectivity index (χ2v) is 4.22. The van der Waals surface area contributed by atoms with Crippen LogP contribution in [0.25, 0.3) is 0 Å². The number of nitrogens with two attached hydrogens (primary N) is 1. The Morgan fingerprint density at radius 3 is 2.59 bits per heavy atom. The summed E-state index contributed by atoms with van der Waals surface area (Å²) in [5.74, 6) is 5.54. The van der Waals surface area contributed by atoms with Gasteiger partial charge in [0.2, 0.25) is 0 Å². The Bertz CT molecular complexity index is 504. The lowest BCUT2D eigenvalue weighted by atomic mass is 10.0. The van der Waals surface area contributed by atoms with Crippen LogP contribution in [-0.4, -0.2) is 9.97 Å². The standard InChI is InChI=1S/C11H10Cl2N4/c12-8-2-1-7(5-9(8)13)11(17-14)10-3-4-15-6-16-10/h1-6,11,17H,14H2. The normalized spacial score (nSPS) is 12.4. The summed E-state index contributed by atoms with van der Waals surface area (Å²) in [5.41, 5.74) is 4.34. The largest absolute Gasteiger partial charge is 0.271 e. The molecule has 0 saturated heterocycles. The summed E-state index contributed by atoms with van der Waals surface area (Å²) >= 11 is 11.8. The third kappa shape index (κ3) is 2.73. The fourth-order valence-corrected chi connectivity index (χ4v) is 1.82. The van der Waals surface area contributed by atoms with E-state index in [1.54, 1.807) is 24.4 Å². The highest BCUT2D eigenvalue weighted by molar-refractivity contribution is 6.42. The van der Waals surface area contributed by atoms with Crippen molar-refractivity contribution in [3.8, 4) is 0 Å². The second kappa shape index (κ2) is 5.42. The lowest BCUT2D eigenvalue weighted by molar-refractivity contribution is 0.619. The van der Waals surface area contributed by atoms with E-state index < -0.39 is 0 Å². The molecule has 0 aliphatic carbocycles. The number of rotatable bonds is 3. The van der Waals surface area contributed by atoms with E-state index >= 15 is 0 Å². The highest BCUT2D eigenvalue weighted by atomic mass is 35.5. The van der Waals surface area contributed by atoms with Crippen LogP contribution in [0.3, 0.4) is 0 Å². The molecule has 0 aliphatic rings. The fourth-order valence-electron chi connectivity index (χ4n) is 1.52. The maximum Gasteiger partial charge on any atom is 0.115 e. The average Bonchev–Trinajstić information content (AvgIpc) is 2.36. The van der Waals surface area contributed by atoms with Crippen LogP contribution in [0, 0.1) is 0 Å². The minimum atomic E-state index is -0.243. The minimum absolute atomic E-state index is 0.243. The zero-order chi connectivity index (χ0) is 12.3. The number of hydrazine groups is 1. The highest BCUT2D eigenvalue weighted by Crippen LogP contribution is 2.27. The summed E-state index contributed by atoms with van der Waals surface area (Å²) in [5, 5.41) is 0.993. The Labute approximate surface area is 109 Å². The van der Waals surface area contributed by atoms with E-state index in [4.69, 9.17) is 29.0 Å². The van der Waals surface area contributed by atoms with E-state index in [1.165, 1.54) is 6.33 Å². The van der Waals surface area contributed by atoms with Crippen molar-refractivity contribution < 1.29 is 0 Å². The Hall–Kier alpha value is -1.20. The van der Waals surface area contributed by atoms with E-state index in [9.17, 15) is 0 Å². The van der Waals surface area contributed by atoms with E-state index in [1.807, 2.05) is 6.07 Å². The Balaban J connectivity index is 2.39. The molecule has 1 unspecified atom stereocenters. The molecule has 0 saturated carbocycles. The maximum atomic E-state index is 5.97. The first-order chi connectivity index (χ1) is 8.22. The van der Waals surface area contributed by atoms with Gasteiger partial charge in [0.25, 0.3) is 0 Å². The van der Waals surface area contributed by atoms with Crippen molar-refractivity contribution in [2.45, 2.75) is 6.04 Å². The number of aromatic nitrogens is 2. The molecule has 0 aliphatic heterocycles. The molecule has 1 aromatic carbocycles. The zero-order valence-corrected chi connectivity index (χ0v) is 10.3. The number of nitrogens with one attached hydrogen (secondary N) is 1. The molecule has 1 atom stereocenters. The number of nitrogens with zero attached hydrogens (tertiary/aromatic N) is 2. The summed E-state index contributed by atoms with van der Waals surface area (Å²) in [6.07, 6.45) is 3.13. The van der Waals surface area contributed by atoms with Crippen LogP contribution in [0.5, 0.6) is 0 Å². The van der Waals surface area contributed by atoms with Gasteiger partial charge in [-0.15, -0.1) is 0 Å². The summed E-state index contributed by atoms with van der Waals surface area (Å²) in [6, 6.07) is 6.88. The number of halogens is 2. The molecule has 0 amide bonds. The van der Waals surface area contributed by atoms with Crippen LogP contribution in [0.15, 0.2) is 36.8 Å². The fraction of sp³-hybridized carbons (Fsp3) is 0.0909. The number of benzene rings is 1. The van der Waals surface area contributed by atoms with Crippen molar-refractivity contribution in [1.82, 2.24) is 15.4 Å². The molecule has 1 aromatic heterocycles. The van der Waals surface area contributed by atoms with Crippen LogP contribution >= 0.6 is 23.2 Å². The second-order valence-electron chi connectivity index (χ2n) is 3.41. The van der Waals surface area contributed by atoms with Crippen molar-refractivity contribution in [3.05, 3.63) is 58.1 Å². The van der Waals surface area contributed by atoms with E-state index in [0.717, 1.165) is 11.3 Å². The molecule has 1 heterocycles. The summed E-state index contributed by atoms with van der Waals surface area (Å²) in [4.78, 5) is 8.01. The third-order valence-electron chi connectivity index (χ3n) is 2.34. The SMILES string of the molecule is NNC(c1ccc(Cl)c(Cl)c1)c1ccncn1. The van der Waals surface area contributed by atoms with Crippen LogP contribution in [0.4, 0.5) is 0 Å². The van der Waals surface area contributed by atoms with Gasteiger partial charge in [0.15, 0.2) is 0 Å². The predicted molar refractivity (Wildman–Crippen MR) is 67.7 cm³/mol. The monoisotopic (exact) mass is 268 g/mol. The molecule has 17 heavy (non-hydrogen) atoms. The maximum absolute atomic E-state index is 5.97. The van der Waals surface area contributed by atoms with Crippen molar-refractivity contribution in [2.75, 3.05) is 0 Å². The van der Waals surface area contributed by atoms with Crippen LogP contribution in [0.2, 0.25) is 10.0 Å². The predicted octanol–water partition coefficient (Wildman–Crippen LogP) is 2.34. The number of hydrogen-bond donors (Lipinski definition) is 2. The molecule has 6 heteroatoms. The minimum Gasteiger partial charge on any atom is -0.271 e. The van der Waals surface area contributed by atoms with Crippen molar-refractivity contribution in [1.29, 1.82) is 0 Å². The van der Waals surface area contributed by atoms with Gasteiger partial charge in [0.1, 0.15) is 6.33 Å². The van der Waals surface area contributed by atoms with E-state index in [-0.39, 0.29) is 6.04 Å². The van der Waals surface area contributed by atoms with Gasteiger partial charge in [-0.2, -0.15) is 0 Å². The van der Waals surface area contributed by atoms with Gasteiger partial charge in [-0.05, 0) is 23.8 Å². The first-order valence-corrected chi connectivity index (χ1v) is 5.65. The summed E-state index contributed by atoms with van der Waals surface area (Å²) in [6.45, 7) is 0. The first kappa shape index (κ1) is 12.3. The Morgan fingerprint density at radius 2 is 2.00 bits per heavy atom. The molecule has 2 aromatic rings. The molecule has 0 spiro atoms. The lowest BCUT2D eigenvalue weighted by Gasteiger charge is -2.15. The molecule has 0 bridgehead atoms. The van der Waals surface area contributed by atoms with Crippen molar-refractivity contribution in [3.63, 3.8) is 0 Å². The van der Waals surface area contributed by atoms with Crippen molar-refractivity contribution in [2.24, 2.45) is 5.84 Å². The van der Waals surface area contributed by atoms with Gasteiger partial charge < -0.3 is 0 Å². The van der Waals surface area contributed by atoms with Gasteiger partial charge in [-0.25, -0.2) is 15.4 Å². The molecule has 0 radical (unpaired) electrons. The quantitative estimate of drug-likeness (QED) is 0.663. The molecule has 4 nitrogen and oxygen atoms in total. The van der Waals surface area contributed by atoms with Crippen LogP contribution in [0.1, 0.15) is 17.3 Å². The summed E-state index contributed by atoms with van der Waals surface area (Å²) in [7, 11) is 0. The topological polar surface area (TPSA) is 63.8 Å². The molecule has 88 valence electrons. The van der Waals surface area contributed by atoms with Crippen LogP contribution in [-0.2, 0) is 0 Å². The van der Waals surface area contributed by atoms with Gasteiger partial charge in [-0.3, -0.25) is 5.84 Å². The van der Waals surface area contributed by atoms with E-state index in [0.29, 0.717) is 10.0 Å². The Morgan fingerprint density at radius 1 is 1.18 bits per heavy atom. The molecule has 3 N–H and O–H groups in total. The highest BCUT2D eigenvalue weighted by Gasteiger charge is 2.14. The first-order valence-electron chi connectivity index (χ1n) is 4.89. The zero-order valence-electron chi connectivity index (χ0n) is 8.77. The number of hydrogen-bond acceptors (Lipinski definition) is 4. The van der Waals surface area contributed by atoms with Gasteiger partial charge in [0.05, 0.1) is 21.8 Å². The third-order valence-corrected chi connectivity index (χ3v) is 3.08. The molecule has 0 fully saturated rings. The summed E-state index contributed by atoms with van der Waals surface area (Å²) < 4.78 is 0. The lowest BCUT2D eigenvalue weighted by Crippen LogP contribution is -2.29.